The zero-order valence-electron chi connectivity index (χ0n) is 17.8. The Morgan fingerprint density at radius 2 is 1.62 bits per heavy atom. The molecule has 3 aromatic carbocycles. The minimum Gasteiger partial charge on any atom is -0.487 e. The Morgan fingerprint density at radius 1 is 0.971 bits per heavy atom. The van der Waals surface area contributed by atoms with Crippen molar-refractivity contribution in [3.05, 3.63) is 93.0 Å². The predicted molar refractivity (Wildman–Crippen MR) is 134 cm³/mol. The van der Waals surface area contributed by atoms with Gasteiger partial charge < -0.3 is 15.4 Å². The van der Waals surface area contributed by atoms with Crippen LogP contribution in [-0.4, -0.2) is 28.5 Å². The first-order chi connectivity index (χ1) is 16.3. The van der Waals surface area contributed by atoms with Gasteiger partial charge in [0.2, 0.25) is 0 Å². The van der Waals surface area contributed by atoms with Crippen molar-refractivity contribution < 1.29 is 19.2 Å². The van der Waals surface area contributed by atoms with Gasteiger partial charge in [-0.25, -0.2) is 0 Å². The summed E-state index contributed by atoms with van der Waals surface area (Å²) in [6, 6.07) is 17.1. The van der Waals surface area contributed by atoms with Gasteiger partial charge in [0.1, 0.15) is 0 Å². The second-order valence-corrected chi connectivity index (χ2v) is 7.67. The number of nitrogens with zero attached hydrogens (tertiary/aromatic N) is 1. The molecule has 0 aliphatic rings. The third-order valence-electron chi connectivity index (χ3n) is 4.43. The van der Waals surface area contributed by atoms with Crippen molar-refractivity contribution >= 4 is 57.8 Å². The van der Waals surface area contributed by atoms with Crippen molar-refractivity contribution in [3.8, 4) is 5.75 Å². The molecule has 3 rings (SSSR count). The summed E-state index contributed by atoms with van der Waals surface area (Å²) in [6.07, 6.45) is 0. The van der Waals surface area contributed by atoms with Gasteiger partial charge in [-0.15, -0.1) is 0 Å². The number of nitrogens with one attached hydrogen (secondary N) is 3. The van der Waals surface area contributed by atoms with Crippen LogP contribution in [0.1, 0.15) is 27.6 Å². The molecule has 9 nitrogen and oxygen atoms in total. The standard InChI is InChI=1S/C23H19ClN4O5S/c1-2-33-20-11-6-15(13-19(20)28(31)32)22(30)27-23(34)26-18-9-7-17(8-10-18)25-21(29)14-4-3-5-16(24)12-14/h3-13H,2H2,1H3,(H,25,29)(H2,26,27,30,34). The van der Waals surface area contributed by atoms with E-state index in [4.69, 9.17) is 28.6 Å². The smallest absolute Gasteiger partial charge is 0.311 e. The quantitative estimate of drug-likeness (QED) is 0.237. The highest BCUT2D eigenvalue weighted by Crippen LogP contribution is 2.28. The minimum absolute atomic E-state index is 0.00255. The average Bonchev–Trinajstić information content (AvgIpc) is 2.80. The number of thiocarbonyl (C=S) groups is 1. The van der Waals surface area contributed by atoms with E-state index < -0.39 is 10.8 Å². The van der Waals surface area contributed by atoms with Crippen molar-refractivity contribution in [2.75, 3.05) is 17.2 Å². The van der Waals surface area contributed by atoms with Crippen LogP contribution in [0.4, 0.5) is 17.1 Å². The van der Waals surface area contributed by atoms with E-state index in [0.29, 0.717) is 22.0 Å². The second-order valence-electron chi connectivity index (χ2n) is 6.82. The van der Waals surface area contributed by atoms with Crippen LogP contribution in [0.15, 0.2) is 66.7 Å². The molecule has 174 valence electrons. The number of hydrogen-bond donors (Lipinski definition) is 3. The maximum Gasteiger partial charge on any atom is 0.311 e. The monoisotopic (exact) mass is 498 g/mol. The van der Waals surface area contributed by atoms with Gasteiger partial charge in [0.15, 0.2) is 10.9 Å². The molecule has 0 bridgehead atoms. The number of rotatable bonds is 7. The van der Waals surface area contributed by atoms with E-state index in [9.17, 15) is 19.7 Å². The zero-order chi connectivity index (χ0) is 24.7. The normalized spacial score (nSPS) is 10.2. The Morgan fingerprint density at radius 3 is 2.24 bits per heavy atom. The number of nitro groups is 1. The molecule has 0 aromatic heterocycles. The van der Waals surface area contributed by atoms with E-state index in [2.05, 4.69) is 16.0 Å². The summed E-state index contributed by atoms with van der Waals surface area (Å²) < 4.78 is 5.21. The highest BCUT2D eigenvalue weighted by Gasteiger charge is 2.19. The molecular weight excluding hydrogens is 480 g/mol. The molecule has 3 aromatic rings. The van der Waals surface area contributed by atoms with Crippen LogP contribution in [0.25, 0.3) is 0 Å². The SMILES string of the molecule is CCOc1ccc(C(=O)NC(=S)Nc2ccc(NC(=O)c3cccc(Cl)c3)cc2)cc1[N+](=O)[O-]. The van der Waals surface area contributed by atoms with Gasteiger partial charge in [-0.2, -0.15) is 0 Å². The van der Waals surface area contributed by atoms with Gasteiger partial charge in [-0.05, 0) is 73.7 Å². The van der Waals surface area contributed by atoms with Crippen molar-refractivity contribution in [2.45, 2.75) is 6.92 Å². The van der Waals surface area contributed by atoms with Crippen LogP contribution in [0.2, 0.25) is 5.02 Å². The summed E-state index contributed by atoms with van der Waals surface area (Å²) in [5, 5.41) is 19.8. The number of carbonyl (C=O) groups excluding carboxylic acids is 2. The molecule has 0 aliphatic heterocycles. The Hall–Kier alpha value is -4.02. The third kappa shape index (κ3) is 6.50. The number of carbonyl (C=O) groups is 2. The fraction of sp³-hybridized carbons (Fsp3) is 0.0870. The molecular formula is C23H19ClN4O5S. The Balaban J connectivity index is 1.59. The highest BCUT2D eigenvalue weighted by molar-refractivity contribution is 7.80. The first kappa shape index (κ1) is 24.6. The number of halogens is 1. The molecule has 0 spiro atoms. The Kier molecular flexibility index (Phi) is 8.12. The van der Waals surface area contributed by atoms with E-state index >= 15 is 0 Å². The van der Waals surface area contributed by atoms with E-state index in [-0.39, 0.29) is 34.6 Å². The number of benzene rings is 3. The summed E-state index contributed by atoms with van der Waals surface area (Å²) in [4.78, 5) is 35.4. The maximum atomic E-state index is 12.5. The first-order valence-electron chi connectivity index (χ1n) is 9.97. The summed E-state index contributed by atoms with van der Waals surface area (Å²) in [6.45, 7) is 1.96. The van der Waals surface area contributed by atoms with Crippen LogP contribution in [-0.2, 0) is 0 Å². The van der Waals surface area contributed by atoms with E-state index in [1.807, 2.05) is 0 Å². The van der Waals surface area contributed by atoms with Gasteiger partial charge in [-0.1, -0.05) is 17.7 Å². The molecule has 0 heterocycles. The van der Waals surface area contributed by atoms with E-state index in [0.717, 1.165) is 6.07 Å². The summed E-state index contributed by atoms with van der Waals surface area (Å²) in [7, 11) is 0. The van der Waals surface area contributed by atoms with Crippen molar-refractivity contribution in [3.63, 3.8) is 0 Å². The van der Waals surface area contributed by atoms with E-state index in [1.54, 1.807) is 55.5 Å². The number of ether oxygens (including phenoxy) is 1. The lowest BCUT2D eigenvalue weighted by atomic mass is 10.1. The van der Waals surface area contributed by atoms with Crippen LogP contribution < -0.4 is 20.7 Å². The fourth-order valence-corrected chi connectivity index (χ4v) is 3.29. The van der Waals surface area contributed by atoms with Crippen molar-refractivity contribution in [2.24, 2.45) is 0 Å². The molecule has 0 saturated heterocycles. The number of amides is 2. The Bertz CT molecular complexity index is 1250. The molecule has 0 unspecified atom stereocenters. The molecule has 0 saturated carbocycles. The average molecular weight is 499 g/mol. The number of nitro benzene ring substituents is 1. The number of anilines is 2. The van der Waals surface area contributed by atoms with Gasteiger partial charge in [0.25, 0.3) is 11.8 Å². The van der Waals surface area contributed by atoms with Crippen LogP contribution >= 0.6 is 23.8 Å². The molecule has 0 fully saturated rings. The first-order valence-corrected chi connectivity index (χ1v) is 10.8. The van der Waals surface area contributed by atoms with Crippen molar-refractivity contribution in [1.82, 2.24) is 5.32 Å². The lowest BCUT2D eigenvalue weighted by molar-refractivity contribution is -0.385. The van der Waals surface area contributed by atoms with Gasteiger partial charge in [0, 0.05) is 33.6 Å². The number of hydrogen-bond acceptors (Lipinski definition) is 6. The second kappa shape index (κ2) is 11.2. The molecule has 0 radical (unpaired) electrons. The third-order valence-corrected chi connectivity index (χ3v) is 4.87. The van der Waals surface area contributed by atoms with Gasteiger partial charge in [0.05, 0.1) is 11.5 Å². The lowest BCUT2D eigenvalue weighted by Gasteiger charge is -2.11. The summed E-state index contributed by atoms with van der Waals surface area (Å²) in [5.41, 5.74) is 1.27. The molecule has 0 atom stereocenters. The largest absolute Gasteiger partial charge is 0.487 e. The molecule has 0 aliphatic carbocycles. The van der Waals surface area contributed by atoms with Crippen LogP contribution in [0, 0.1) is 10.1 Å². The zero-order valence-corrected chi connectivity index (χ0v) is 19.4. The van der Waals surface area contributed by atoms with Gasteiger partial charge >= 0.3 is 5.69 Å². The van der Waals surface area contributed by atoms with Gasteiger partial charge in [-0.3, -0.25) is 25.0 Å². The summed E-state index contributed by atoms with van der Waals surface area (Å²) in [5.74, 6) is -0.850. The van der Waals surface area contributed by atoms with Crippen LogP contribution in [0.5, 0.6) is 5.75 Å². The van der Waals surface area contributed by atoms with Crippen molar-refractivity contribution in [1.29, 1.82) is 0 Å². The highest BCUT2D eigenvalue weighted by atomic mass is 35.5. The van der Waals surface area contributed by atoms with Crippen LogP contribution in [0.3, 0.4) is 0 Å². The summed E-state index contributed by atoms with van der Waals surface area (Å²) >= 11 is 11.1. The predicted octanol–water partition coefficient (Wildman–Crippen LogP) is 5.03. The Labute approximate surface area is 205 Å². The maximum absolute atomic E-state index is 12.5. The topological polar surface area (TPSA) is 123 Å². The fourth-order valence-electron chi connectivity index (χ4n) is 2.89. The molecule has 3 N–H and O–H groups in total. The molecule has 11 heteroatoms. The van der Waals surface area contributed by atoms with E-state index in [1.165, 1.54) is 12.1 Å². The lowest BCUT2D eigenvalue weighted by Crippen LogP contribution is -2.34. The molecule has 34 heavy (non-hydrogen) atoms. The molecule has 2 amide bonds. The minimum atomic E-state index is -0.620.